The number of ether oxygens (including phenoxy) is 1. The Morgan fingerprint density at radius 1 is 1.47 bits per heavy atom. The second-order valence-corrected chi connectivity index (χ2v) is 4.11. The lowest BCUT2D eigenvalue weighted by Crippen LogP contribution is -2.51. The third-order valence-corrected chi connectivity index (χ3v) is 3.04. The number of nitrogens with zero attached hydrogens (tertiary/aromatic N) is 3. The number of aromatic nitrogens is 2. The van der Waals surface area contributed by atoms with Crippen LogP contribution in [0.25, 0.3) is 0 Å². The molecule has 0 aromatic carbocycles. The van der Waals surface area contributed by atoms with Crippen molar-refractivity contribution in [3.63, 3.8) is 0 Å². The van der Waals surface area contributed by atoms with E-state index in [9.17, 15) is 0 Å². The van der Waals surface area contributed by atoms with Crippen molar-refractivity contribution in [2.24, 2.45) is 0 Å². The summed E-state index contributed by atoms with van der Waals surface area (Å²) in [6, 6.07) is 2.44. The second kappa shape index (κ2) is 5.82. The van der Waals surface area contributed by atoms with Gasteiger partial charge >= 0.3 is 0 Å². The Kier molecular flexibility index (Phi) is 4.14. The van der Waals surface area contributed by atoms with Gasteiger partial charge in [-0.2, -0.15) is 0 Å². The molecule has 2 rings (SSSR count). The maximum atomic E-state index is 5.41. The molecular formula is C12H20N4O. The van der Waals surface area contributed by atoms with Crippen LogP contribution in [0.1, 0.15) is 20.3 Å². The molecule has 94 valence electrons. The van der Waals surface area contributed by atoms with Crippen LogP contribution in [0.15, 0.2) is 12.4 Å². The molecule has 17 heavy (non-hydrogen) atoms. The summed E-state index contributed by atoms with van der Waals surface area (Å²) in [4.78, 5) is 10.8. The summed E-state index contributed by atoms with van der Waals surface area (Å²) < 4.78 is 5.41. The van der Waals surface area contributed by atoms with Crippen LogP contribution in [0, 0.1) is 0 Å². The van der Waals surface area contributed by atoms with E-state index in [0.29, 0.717) is 18.5 Å². The van der Waals surface area contributed by atoms with Crippen molar-refractivity contribution in [2.45, 2.75) is 26.3 Å². The molecule has 1 atom stereocenters. The van der Waals surface area contributed by atoms with E-state index in [1.807, 2.05) is 13.0 Å². The lowest BCUT2D eigenvalue weighted by Gasteiger charge is -2.36. The first kappa shape index (κ1) is 12.1. The summed E-state index contributed by atoms with van der Waals surface area (Å²) in [6.45, 7) is 7.81. The fourth-order valence-corrected chi connectivity index (χ4v) is 2.14. The van der Waals surface area contributed by atoms with Crippen LogP contribution in [-0.4, -0.2) is 42.3 Å². The summed E-state index contributed by atoms with van der Waals surface area (Å²) in [5.74, 6) is 1.63. The fraction of sp³-hybridized carbons (Fsp3) is 0.667. The standard InChI is InChI=1S/C12H20N4O/c1-3-10-8-13-5-6-16(10)11-7-12(17-4-2)15-9-14-11/h7,9-10,13H,3-6,8H2,1-2H3. The highest BCUT2D eigenvalue weighted by Crippen LogP contribution is 2.20. The van der Waals surface area contributed by atoms with E-state index < -0.39 is 0 Å². The second-order valence-electron chi connectivity index (χ2n) is 4.11. The van der Waals surface area contributed by atoms with Crippen LogP contribution in [0.3, 0.4) is 0 Å². The lowest BCUT2D eigenvalue weighted by atomic mass is 10.1. The smallest absolute Gasteiger partial charge is 0.218 e. The number of rotatable bonds is 4. The van der Waals surface area contributed by atoms with E-state index in [1.165, 1.54) is 0 Å². The van der Waals surface area contributed by atoms with Crippen LogP contribution in [-0.2, 0) is 0 Å². The molecule has 1 N–H and O–H groups in total. The van der Waals surface area contributed by atoms with Gasteiger partial charge in [0.15, 0.2) is 0 Å². The Hall–Kier alpha value is -1.36. The zero-order chi connectivity index (χ0) is 12.1. The van der Waals surface area contributed by atoms with E-state index in [4.69, 9.17) is 4.74 Å². The van der Waals surface area contributed by atoms with Gasteiger partial charge in [0.05, 0.1) is 6.61 Å². The molecule has 0 saturated carbocycles. The van der Waals surface area contributed by atoms with Gasteiger partial charge in [-0.15, -0.1) is 0 Å². The molecule has 0 spiro atoms. The van der Waals surface area contributed by atoms with Gasteiger partial charge in [-0.1, -0.05) is 6.92 Å². The van der Waals surface area contributed by atoms with Crippen molar-refractivity contribution >= 4 is 5.82 Å². The SMILES string of the molecule is CCOc1cc(N2CCNCC2CC)ncn1. The van der Waals surface area contributed by atoms with E-state index in [0.717, 1.165) is 31.9 Å². The molecule has 5 heteroatoms. The maximum absolute atomic E-state index is 5.41. The van der Waals surface area contributed by atoms with Crippen molar-refractivity contribution in [3.05, 3.63) is 12.4 Å². The molecule has 1 aromatic heterocycles. The largest absolute Gasteiger partial charge is 0.478 e. The molecular weight excluding hydrogens is 216 g/mol. The van der Waals surface area contributed by atoms with E-state index >= 15 is 0 Å². The van der Waals surface area contributed by atoms with Gasteiger partial charge in [0.1, 0.15) is 12.1 Å². The third kappa shape index (κ3) is 2.85. The Labute approximate surface area is 102 Å². The van der Waals surface area contributed by atoms with Gasteiger partial charge in [0.25, 0.3) is 0 Å². The third-order valence-electron chi connectivity index (χ3n) is 3.04. The molecule has 0 radical (unpaired) electrons. The first-order chi connectivity index (χ1) is 8.35. The Morgan fingerprint density at radius 3 is 3.12 bits per heavy atom. The molecule has 1 unspecified atom stereocenters. The Bertz CT molecular complexity index is 358. The molecule has 1 aromatic rings. The molecule has 5 nitrogen and oxygen atoms in total. The van der Waals surface area contributed by atoms with Crippen LogP contribution in [0.4, 0.5) is 5.82 Å². The summed E-state index contributed by atoms with van der Waals surface area (Å²) in [7, 11) is 0. The summed E-state index contributed by atoms with van der Waals surface area (Å²) >= 11 is 0. The summed E-state index contributed by atoms with van der Waals surface area (Å²) in [5.41, 5.74) is 0. The van der Waals surface area contributed by atoms with Crippen LogP contribution >= 0.6 is 0 Å². The molecule has 1 fully saturated rings. The zero-order valence-electron chi connectivity index (χ0n) is 10.5. The lowest BCUT2D eigenvalue weighted by molar-refractivity contribution is 0.326. The van der Waals surface area contributed by atoms with Gasteiger partial charge < -0.3 is 15.0 Å². The fourth-order valence-electron chi connectivity index (χ4n) is 2.14. The Balaban J connectivity index is 2.16. The van der Waals surface area contributed by atoms with Crippen molar-refractivity contribution in [1.29, 1.82) is 0 Å². The number of hydrogen-bond acceptors (Lipinski definition) is 5. The molecule has 1 aliphatic rings. The number of piperazine rings is 1. The predicted octanol–water partition coefficient (Wildman–Crippen LogP) is 1.06. The monoisotopic (exact) mass is 236 g/mol. The topological polar surface area (TPSA) is 50.3 Å². The van der Waals surface area contributed by atoms with Gasteiger partial charge in [0.2, 0.25) is 5.88 Å². The normalized spacial score (nSPS) is 20.4. The number of anilines is 1. The molecule has 1 saturated heterocycles. The molecule has 0 aliphatic carbocycles. The Morgan fingerprint density at radius 2 is 2.35 bits per heavy atom. The number of nitrogens with one attached hydrogen (secondary N) is 1. The summed E-state index contributed by atoms with van der Waals surface area (Å²) in [6.07, 6.45) is 2.69. The van der Waals surface area contributed by atoms with Crippen LogP contribution < -0.4 is 15.0 Å². The van der Waals surface area contributed by atoms with Crippen molar-refractivity contribution in [1.82, 2.24) is 15.3 Å². The molecule has 0 amide bonds. The quantitative estimate of drug-likeness (QED) is 0.847. The van der Waals surface area contributed by atoms with E-state index in [1.54, 1.807) is 6.33 Å². The molecule has 2 heterocycles. The molecule has 1 aliphatic heterocycles. The molecule has 0 bridgehead atoms. The van der Waals surface area contributed by atoms with Crippen LogP contribution in [0.5, 0.6) is 5.88 Å². The predicted molar refractivity (Wildman–Crippen MR) is 67.5 cm³/mol. The van der Waals surface area contributed by atoms with Gasteiger partial charge in [-0.25, -0.2) is 9.97 Å². The van der Waals surface area contributed by atoms with Gasteiger partial charge in [0, 0.05) is 31.7 Å². The van der Waals surface area contributed by atoms with E-state index in [-0.39, 0.29) is 0 Å². The van der Waals surface area contributed by atoms with Crippen molar-refractivity contribution < 1.29 is 4.74 Å². The van der Waals surface area contributed by atoms with Gasteiger partial charge in [-0.05, 0) is 13.3 Å². The average Bonchev–Trinajstić information content (AvgIpc) is 2.39. The van der Waals surface area contributed by atoms with E-state index in [2.05, 4.69) is 27.1 Å². The highest BCUT2D eigenvalue weighted by atomic mass is 16.5. The van der Waals surface area contributed by atoms with Crippen LogP contribution in [0.2, 0.25) is 0 Å². The minimum Gasteiger partial charge on any atom is -0.478 e. The minimum absolute atomic E-state index is 0.508. The average molecular weight is 236 g/mol. The first-order valence-corrected chi connectivity index (χ1v) is 6.27. The highest BCUT2D eigenvalue weighted by Gasteiger charge is 2.22. The van der Waals surface area contributed by atoms with Crippen molar-refractivity contribution in [2.75, 3.05) is 31.1 Å². The maximum Gasteiger partial charge on any atom is 0.218 e. The first-order valence-electron chi connectivity index (χ1n) is 6.27. The highest BCUT2D eigenvalue weighted by molar-refractivity contribution is 5.42. The van der Waals surface area contributed by atoms with Crippen molar-refractivity contribution in [3.8, 4) is 5.88 Å². The summed E-state index contributed by atoms with van der Waals surface area (Å²) in [5, 5.41) is 3.41. The van der Waals surface area contributed by atoms with Gasteiger partial charge in [-0.3, -0.25) is 0 Å². The zero-order valence-corrected chi connectivity index (χ0v) is 10.5. The number of hydrogen-bond donors (Lipinski definition) is 1. The minimum atomic E-state index is 0.508.